The van der Waals surface area contributed by atoms with Crippen LogP contribution in [0.25, 0.3) is 0 Å². The normalized spacial score (nSPS) is 20.1. The van der Waals surface area contributed by atoms with E-state index in [2.05, 4.69) is 17.6 Å². The first kappa shape index (κ1) is 15.0. The molecule has 0 bridgehead atoms. The van der Waals surface area contributed by atoms with E-state index in [1.54, 1.807) is 6.92 Å². The molecule has 104 valence electrons. The van der Waals surface area contributed by atoms with Crippen LogP contribution in [0, 0.1) is 5.41 Å². The van der Waals surface area contributed by atoms with Crippen molar-refractivity contribution >= 4 is 11.9 Å². The number of aliphatic carboxylic acids is 1. The molecule has 3 N–H and O–H groups in total. The van der Waals surface area contributed by atoms with Crippen molar-refractivity contribution < 1.29 is 14.7 Å². The molecule has 5 heteroatoms. The smallest absolute Gasteiger partial charge is 0.326 e. The summed E-state index contributed by atoms with van der Waals surface area (Å²) in [6.07, 6.45) is 3.78. The number of carbonyl (C=O) groups excluding carboxylic acids is 1. The Bertz CT molecular complexity index is 293. The lowest BCUT2D eigenvalue weighted by atomic mass is 9.74. The fraction of sp³-hybridized carbons (Fsp3) is 0.846. The molecule has 18 heavy (non-hydrogen) atoms. The highest BCUT2D eigenvalue weighted by atomic mass is 16.4. The molecule has 1 heterocycles. The maximum atomic E-state index is 12.4. The average molecular weight is 256 g/mol. The second-order valence-corrected chi connectivity index (χ2v) is 5.05. The molecule has 1 aliphatic rings. The average Bonchev–Trinajstić information content (AvgIpc) is 2.36. The van der Waals surface area contributed by atoms with E-state index in [1.807, 2.05) is 0 Å². The summed E-state index contributed by atoms with van der Waals surface area (Å²) in [4.78, 5) is 23.4. The zero-order valence-corrected chi connectivity index (χ0v) is 11.3. The molecule has 0 spiro atoms. The molecule has 1 aliphatic heterocycles. The van der Waals surface area contributed by atoms with Crippen LogP contribution >= 0.6 is 0 Å². The Kier molecular flexibility index (Phi) is 5.59. The lowest BCUT2D eigenvalue weighted by Crippen LogP contribution is -2.51. The summed E-state index contributed by atoms with van der Waals surface area (Å²) in [5, 5.41) is 14.9. The van der Waals surface area contributed by atoms with Crippen LogP contribution in [0.5, 0.6) is 0 Å². The van der Waals surface area contributed by atoms with Crippen LogP contribution in [0.2, 0.25) is 0 Å². The summed E-state index contributed by atoms with van der Waals surface area (Å²) >= 11 is 0. The molecule has 1 amide bonds. The van der Waals surface area contributed by atoms with E-state index in [0.29, 0.717) is 6.42 Å². The van der Waals surface area contributed by atoms with Crippen molar-refractivity contribution in [2.24, 2.45) is 5.41 Å². The highest BCUT2D eigenvalue weighted by molar-refractivity contribution is 5.87. The fourth-order valence-corrected chi connectivity index (χ4v) is 2.62. The fourth-order valence-electron chi connectivity index (χ4n) is 2.62. The minimum atomic E-state index is -0.952. The van der Waals surface area contributed by atoms with Gasteiger partial charge in [0.15, 0.2) is 0 Å². The van der Waals surface area contributed by atoms with E-state index >= 15 is 0 Å². The van der Waals surface area contributed by atoms with Crippen LogP contribution in [0.3, 0.4) is 0 Å². The van der Waals surface area contributed by atoms with Crippen molar-refractivity contribution in [3.8, 4) is 0 Å². The van der Waals surface area contributed by atoms with E-state index in [9.17, 15) is 9.59 Å². The zero-order valence-electron chi connectivity index (χ0n) is 11.3. The van der Waals surface area contributed by atoms with Crippen LogP contribution in [0.4, 0.5) is 0 Å². The lowest BCUT2D eigenvalue weighted by molar-refractivity contribution is -0.144. The minimum Gasteiger partial charge on any atom is -0.480 e. The number of amides is 1. The van der Waals surface area contributed by atoms with Crippen molar-refractivity contribution in [2.75, 3.05) is 13.1 Å². The molecule has 1 atom stereocenters. The van der Waals surface area contributed by atoms with Gasteiger partial charge in [-0.1, -0.05) is 20.3 Å². The molecule has 1 rings (SSSR count). The first-order valence-corrected chi connectivity index (χ1v) is 6.80. The zero-order chi connectivity index (χ0) is 13.6. The van der Waals surface area contributed by atoms with Gasteiger partial charge in [0.2, 0.25) is 5.91 Å². The Balaban J connectivity index is 2.73. The molecule has 1 saturated heterocycles. The van der Waals surface area contributed by atoms with Crippen molar-refractivity contribution in [1.82, 2.24) is 10.6 Å². The van der Waals surface area contributed by atoms with Gasteiger partial charge in [0.1, 0.15) is 6.04 Å². The van der Waals surface area contributed by atoms with Crippen molar-refractivity contribution in [3.05, 3.63) is 0 Å². The van der Waals surface area contributed by atoms with Gasteiger partial charge in [0.05, 0.1) is 5.41 Å². The topological polar surface area (TPSA) is 78.4 Å². The molecule has 0 aromatic carbocycles. The number of piperidine rings is 1. The van der Waals surface area contributed by atoms with Gasteiger partial charge in [-0.3, -0.25) is 4.79 Å². The summed E-state index contributed by atoms with van der Waals surface area (Å²) in [6.45, 7) is 5.49. The van der Waals surface area contributed by atoms with Gasteiger partial charge in [-0.05, 0) is 38.8 Å². The molecular weight excluding hydrogens is 232 g/mol. The van der Waals surface area contributed by atoms with E-state index in [4.69, 9.17) is 5.11 Å². The summed E-state index contributed by atoms with van der Waals surface area (Å²) in [5.41, 5.74) is -0.372. The molecule has 0 saturated carbocycles. The van der Waals surface area contributed by atoms with E-state index in [-0.39, 0.29) is 11.3 Å². The van der Waals surface area contributed by atoms with Crippen molar-refractivity contribution in [3.63, 3.8) is 0 Å². The van der Waals surface area contributed by atoms with Gasteiger partial charge in [0, 0.05) is 0 Å². The van der Waals surface area contributed by atoms with E-state index in [1.165, 1.54) is 0 Å². The van der Waals surface area contributed by atoms with Gasteiger partial charge in [-0.2, -0.15) is 0 Å². The summed E-state index contributed by atoms with van der Waals surface area (Å²) in [5.74, 6) is -1.04. The molecule has 0 aromatic heterocycles. The Morgan fingerprint density at radius 2 is 1.94 bits per heavy atom. The van der Waals surface area contributed by atoms with Gasteiger partial charge >= 0.3 is 5.97 Å². The minimum absolute atomic E-state index is 0.0832. The molecule has 0 aromatic rings. The Hall–Kier alpha value is -1.10. The summed E-state index contributed by atoms with van der Waals surface area (Å²) in [6, 6.07) is -0.763. The van der Waals surface area contributed by atoms with E-state index in [0.717, 1.165) is 38.8 Å². The van der Waals surface area contributed by atoms with Crippen molar-refractivity contribution in [2.45, 2.75) is 52.0 Å². The quantitative estimate of drug-likeness (QED) is 0.666. The van der Waals surface area contributed by atoms with Crippen LogP contribution < -0.4 is 10.6 Å². The number of hydrogen-bond acceptors (Lipinski definition) is 3. The Morgan fingerprint density at radius 3 is 2.39 bits per heavy atom. The van der Waals surface area contributed by atoms with Gasteiger partial charge in [0.25, 0.3) is 0 Å². The number of rotatable bonds is 6. The standard InChI is InChI=1S/C13H24N2O3/c1-3-5-13(6-8-14-9-7-13)12(18)15-10(4-2)11(16)17/h10,14H,3-9H2,1-2H3,(H,15,18)(H,16,17)/t10-/m0/s1. The molecule has 1 fully saturated rings. The first-order valence-electron chi connectivity index (χ1n) is 6.80. The van der Waals surface area contributed by atoms with Crippen LogP contribution in [-0.2, 0) is 9.59 Å². The third-order valence-electron chi connectivity index (χ3n) is 3.78. The lowest BCUT2D eigenvalue weighted by Gasteiger charge is -2.36. The van der Waals surface area contributed by atoms with Crippen molar-refractivity contribution in [1.29, 1.82) is 0 Å². The summed E-state index contributed by atoms with van der Waals surface area (Å²) < 4.78 is 0. The molecule has 0 aliphatic carbocycles. The monoisotopic (exact) mass is 256 g/mol. The predicted molar refractivity (Wildman–Crippen MR) is 69.3 cm³/mol. The molecule has 0 unspecified atom stereocenters. The highest BCUT2D eigenvalue weighted by Gasteiger charge is 2.39. The number of hydrogen-bond donors (Lipinski definition) is 3. The van der Waals surface area contributed by atoms with Gasteiger partial charge in [-0.25, -0.2) is 4.79 Å². The maximum absolute atomic E-state index is 12.4. The molecule has 5 nitrogen and oxygen atoms in total. The summed E-state index contributed by atoms with van der Waals surface area (Å²) in [7, 11) is 0. The van der Waals surface area contributed by atoms with Crippen LogP contribution in [0.1, 0.15) is 46.0 Å². The van der Waals surface area contributed by atoms with Crippen LogP contribution in [-0.4, -0.2) is 36.1 Å². The number of nitrogens with one attached hydrogen (secondary N) is 2. The second-order valence-electron chi connectivity index (χ2n) is 5.05. The van der Waals surface area contributed by atoms with Crippen LogP contribution in [0.15, 0.2) is 0 Å². The number of carbonyl (C=O) groups is 2. The Labute approximate surface area is 108 Å². The third kappa shape index (κ3) is 3.45. The number of carboxylic acid groups (broad SMARTS) is 1. The predicted octanol–water partition coefficient (Wildman–Crippen LogP) is 1.14. The third-order valence-corrected chi connectivity index (χ3v) is 3.78. The largest absolute Gasteiger partial charge is 0.480 e. The highest BCUT2D eigenvalue weighted by Crippen LogP contribution is 2.34. The van der Waals surface area contributed by atoms with E-state index < -0.39 is 12.0 Å². The first-order chi connectivity index (χ1) is 8.55. The molecule has 0 radical (unpaired) electrons. The van der Waals surface area contributed by atoms with Gasteiger partial charge < -0.3 is 15.7 Å². The van der Waals surface area contributed by atoms with Gasteiger partial charge in [-0.15, -0.1) is 0 Å². The second kappa shape index (κ2) is 6.73. The SMILES string of the molecule is CCCC1(C(=O)N[C@@H](CC)C(=O)O)CCNCC1. The maximum Gasteiger partial charge on any atom is 0.326 e. The Morgan fingerprint density at radius 1 is 1.33 bits per heavy atom. The molecular formula is C13H24N2O3. The number of carboxylic acids is 1.